The van der Waals surface area contributed by atoms with Crippen molar-refractivity contribution < 1.29 is 4.52 Å². The highest BCUT2D eigenvalue weighted by Crippen LogP contribution is 2.35. The third kappa shape index (κ3) is 2.81. The van der Waals surface area contributed by atoms with Gasteiger partial charge in [-0.2, -0.15) is 4.98 Å². The summed E-state index contributed by atoms with van der Waals surface area (Å²) in [7, 11) is 0. The van der Waals surface area contributed by atoms with E-state index >= 15 is 0 Å². The molecule has 0 radical (unpaired) electrons. The highest BCUT2D eigenvalue weighted by atomic mass is 32.1. The predicted octanol–water partition coefficient (Wildman–Crippen LogP) is 3.77. The van der Waals surface area contributed by atoms with E-state index in [1.54, 1.807) is 24.3 Å². The largest absolute Gasteiger partial charge is 0.334 e. The number of aromatic nitrogens is 4. The average molecular weight is 402 g/mol. The van der Waals surface area contributed by atoms with Gasteiger partial charge in [-0.1, -0.05) is 53.7 Å². The van der Waals surface area contributed by atoms with Crippen LogP contribution in [-0.2, 0) is 0 Å². The first-order chi connectivity index (χ1) is 14.1. The van der Waals surface area contributed by atoms with Crippen LogP contribution < -0.4 is 11.2 Å². The van der Waals surface area contributed by atoms with Gasteiger partial charge in [0, 0.05) is 5.56 Å². The lowest BCUT2D eigenvalue weighted by Crippen LogP contribution is -2.33. The molecule has 0 unspecified atom stereocenters. The molecule has 0 atom stereocenters. The summed E-state index contributed by atoms with van der Waals surface area (Å²) in [6.45, 7) is 1.82. The molecule has 0 bridgehead atoms. The Morgan fingerprint density at radius 2 is 1.69 bits per heavy atom. The second kappa shape index (κ2) is 6.68. The maximum Gasteiger partial charge on any atom is 0.334 e. The summed E-state index contributed by atoms with van der Waals surface area (Å²) < 4.78 is 6.58. The van der Waals surface area contributed by atoms with E-state index in [2.05, 4.69) is 15.1 Å². The summed E-state index contributed by atoms with van der Waals surface area (Å²) in [6.07, 6.45) is 0. The molecular weight excluding hydrogens is 388 g/mol. The Kier molecular flexibility index (Phi) is 3.99. The Balaban J connectivity index is 1.69. The van der Waals surface area contributed by atoms with Crippen molar-refractivity contribution in [1.29, 1.82) is 0 Å². The fraction of sp³-hybridized carbons (Fsp3) is 0.0476. The molecule has 0 amide bonds. The van der Waals surface area contributed by atoms with Crippen LogP contribution in [0, 0.1) is 6.92 Å². The lowest BCUT2D eigenvalue weighted by atomic mass is 10.2. The number of para-hydroxylation sites is 1. The second-order valence-corrected chi connectivity index (χ2v) is 7.48. The SMILES string of the molecule is Cc1c(-c2nc(-c3ccccc3)no2)sc2[nH]c(=O)n(-c3ccccc3)c(=O)c12. The molecule has 0 spiro atoms. The molecule has 3 aromatic heterocycles. The van der Waals surface area contributed by atoms with Crippen LogP contribution in [0.2, 0.25) is 0 Å². The van der Waals surface area contributed by atoms with E-state index in [0.717, 1.165) is 10.1 Å². The van der Waals surface area contributed by atoms with Crippen molar-refractivity contribution in [3.63, 3.8) is 0 Å². The van der Waals surface area contributed by atoms with E-state index in [9.17, 15) is 9.59 Å². The van der Waals surface area contributed by atoms with Crippen LogP contribution in [-0.4, -0.2) is 19.7 Å². The third-order valence-electron chi connectivity index (χ3n) is 4.65. The van der Waals surface area contributed by atoms with Crippen LogP contribution in [0.3, 0.4) is 0 Å². The summed E-state index contributed by atoms with van der Waals surface area (Å²) in [5.41, 5.74) is 1.17. The molecule has 5 aromatic rings. The number of aromatic amines is 1. The first-order valence-corrected chi connectivity index (χ1v) is 9.68. The Morgan fingerprint density at radius 1 is 1.00 bits per heavy atom. The van der Waals surface area contributed by atoms with Crippen molar-refractivity contribution in [2.45, 2.75) is 6.92 Å². The highest BCUT2D eigenvalue weighted by molar-refractivity contribution is 7.22. The third-order valence-corrected chi connectivity index (χ3v) is 5.85. The molecule has 29 heavy (non-hydrogen) atoms. The molecule has 0 aliphatic carbocycles. The molecule has 5 rings (SSSR count). The van der Waals surface area contributed by atoms with Gasteiger partial charge in [0.25, 0.3) is 11.4 Å². The number of rotatable bonds is 3. The maximum atomic E-state index is 13.1. The molecular formula is C21H14N4O3S. The number of benzene rings is 2. The van der Waals surface area contributed by atoms with Crippen LogP contribution in [0.25, 0.3) is 38.1 Å². The molecule has 7 nitrogen and oxygen atoms in total. The number of nitrogens with one attached hydrogen (secondary N) is 1. The van der Waals surface area contributed by atoms with Crippen LogP contribution in [0.1, 0.15) is 5.56 Å². The monoisotopic (exact) mass is 402 g/mol. The second-order valence-electron chi connectivity index (χ2n) is 6.46. The fourth-order valence-electron chi connectivity index (χ4n) is 3.25. The van der Waals surface area contributed by atoms with Gasteiger partial charge in [0.05, 0.1) is 16.0 Å². The smallest absolute Gasteiger partial charge is 0.333 e. The Morgan fingerprint density at radius 3 is 2.41 bits per heavy atom. The van der Waals surface area contributed by atoms with Crippen molar-refractivity contribution in [2.75, 3.05) is 0 Å². The van der Waals surface area contributed by atoms with Crippen LogP contribution in [0.15, 0.2) is 74.8 Å². The van der Waals surface area contributed by atoms with Crippen LogP contribution >= 0.6 is 11.3 Å². The molecule has 0 saturated carbocycles. The minimum Gasteiger partial charge on any atom is -0.333 e. The number of fused-ring (bicyclic) bond motifs is 1. The predicted molar refractivity (Wildman–Crippen MR) is 112 cm³/mol. The van der Waals surface area contributed by atoms with Gasteiger partial charge in [-0.25, -0.2) is 9.36 Å². The van der Waals surface area contributed by atoms with Gasteiger partial charge in [0.1, 0.15) is 4.83 Å². The van der Waals surface area contributed by atoms with E-state index in [4.69, 9.17) is 4.52 Å². The van der Waals surface area contributed by atoms with Gasteiger partial charge >= 0.3 is 5.69 Å². The Hall–Kier alpha value is -3.78. The number of hydrogen-bond donors (Lipinski definition) is 1. The van der Waals surface area contributed by atoms with Gasteiger partial charge in [0.2, 0.25) is 5.82 Å². The van der Waals surface area contributed by atoms with Crippen LogP contribution in [0.4, 0.5) is 0 Å². The van der Waals surface area contributed by atoms with Gasteiger partial charge in [0.15, 0.2) is 0 Å². The molecule has 2 aromatic carbocycles. The first kappa shape index (κ1) is 17.3. The molecule has 0 aliphatic rings. The molecule has 1 N–H and O–H groups in total. The summed E-state index contributed by atoms with van der Waals surface area (Å²) in [4.78, 5) is 34.1. The van der Waals surface area contributed by atoms with Crippen LogP contribution in [0.5, 0.6) is 0 Å². The topological polar surface area (TPSA) is 93.8 Å². The molecule has 0 aliphatic heterocycles. The van der Waals surface area contributed by atoms with Gasteiger partial charge < -0.3 is 4.52 Å². The molecule has 0 saturated heterocycles. The quantitative estimate of drug-likeness (QED) is 0.496. The average Bonchev–Trinajstić information content (AvgIpc) is 3.34. The number of H-pyrrole nitrogens is 1. The lowest BCUT2D eigenvalue weighted by molar-refractivity contribution is 0.433. The number of aryl methyl sites for hydroxylation is 1. The summed E-state index contributed by atoms with van der Waals surface area (Å²) >= 11 is 1.25. The lowest BCUT2D eigenvalue weighted by Gasteiger charge is -2.04. The van der Waals surface area contributed by atoms with Crippen molar-refractivity contribution in [3.8, 4) is 27.8 Å². The number of hydrogen-bond acceptors (Lipinski definition) is 6. The minimum absolute atomic E-state index is 0.314. The standard InChI is InChI=1S/C21H14N4O3S/c1-12-15-19(23-21(27)25(20(15)26)14-10-6-3-7-11-14)29-16(12)18-22-17(24-28-18)13-8-4-2-5-9-13/h2-11H,1H3,(H,23,27). The summed E-state index contributed by atoms with van der Waals surface area (Å²) in [5.74, 6) is 0.779. The van der Waals surface area contributed by atoms with E-state index in [1.165, 1.54) is 11.3 Å². The first-order valence-electron chi connectivity index (χ1n) is 8.87. The van der Waals surface area contributed by atoms with E-state index in [-0.39, 0.29) is 5.56 Å². The van der Waals surface area contributed by atoms with Crippen molar-refractivity contribution in [1.82, 2.24) is 19.7 Å². The zero-order valence-corrected chi connectivity index (χ0v) is 16.1. The van der Waals surface area contributed by atoms with E-state index < -0.39 is 5.69 Å². The number of nitrogens with zero attached hydrogens (tertiary/aromatic N) is 3. The van der Waals surface area contributed by atoms with Crippen molar-refractivity contribution >= 4 is 21.6 Å². The summed E-state index contributed by atoms with van der Waals surface area (Å²) in [5, 5.41) is 4.48. The minimum atomic E-state index is -0.489. The Labute approximate surface area is 167 Å². The highest BCUT2D eigenvalue weighted by Gasteiger charge is 2.21. The maximum absolute atomic E-state index is 13.1. The van der Waals surface area contributed by atoms with Gasteiger partial charge in [-0.15, -0.1) is 11.3 Å². The van der Waals surface area contributed by atoms with Gasteiger partial charge in [-0.3, -0.25) is 9.78 Å². The zero-order valence-electron chi connectivity index (χ0n) is 15.2. The summed E-state index contributed by atoms with van der Waals surface area (Å²) in [6, 6.07) is 18.3. The normalized spacial score (nSPS) is 11.2. The molecule has 8 heteroatoms. The molecule has 0 fully saturated rings. The zero-order chi connectivity index (χ0) is 20.0. The van der Waals surface area contributed by atoms with E-state index in [0.29, 0.717) is 38.1 Å². The fourth-order valence-corrected chi connectivity index (χ4v) is 4.36. The van der Waals surface area contributed by atoms with Crippen molar-refractivity contribution in [3.05, 3.63) is 87.1 Å². The van der Waals surface area contributed by atoms with Crippen molar-refractivity contribution in [2.24, 2.45) is 0 Å². The Bertz CT molecular complexity index is 1450. The molecule has 3 heterocycles. The van der Waals surface area contributed by atoms with E-state index in [1.807, 2.05) is 43.3 Å². The van der Waals surface area contributed by atoms with Gasteiger partial charge in [-0.05, 0) is 24.6 Å². The molecule has 142 valence electrons. The number of thiophene rings is 1.